The zero-order chi connectivity index (χ0) is 13.5. The summed E-state index contributed by atoms with van der Waals surface area (Å²) in [5.41, 5.74) is 5.74. The van der Waals surface area contributed by atoms with E-state index in [9.17, 15) is 4.79 Å². The molecule has 1 saturated heterocycles. The van der Waals surface area contributed by atoms with E-state index in [-0.39, 0.29) is 17.9 Å². The average molecular weight is 256 g/mol. The zero-order valence-electron chi connectivity index (χ0n) is 12.0. The highest BCUT2D eigenvalue weighted by atomic mass is 16.5. The number of hydrogen-bond donors (Lipinski definition) is 1. The van der Waals surface area contributed by atoms with Gasteiger partial charge >= 0.3 is 0 Å². The van der Waals surface area contributed by atoms with Crippen molar-refractivity contribution in [3.05, 3.63) is 0 Å². The maximum Gasteiger partial charge on any atom is 0.227 e. The Morgan fingerprint density at radius 2 is 2.22 bits per heavy atom. The van der Waals surface area contributed by atoms with Gasteiger partial charge in [-0.3, -0.25) is 4.79 Å². The number of rotatable bonds is 7. The molecule has 0 aromatic heterocycles. The molecule has 0 saturated carbocycles. The Morgan fingerprint density at radius 3 is 2.67 bits per heavy atom. The summed E-state index contributed by atoms with van der Waals surface area (Å²) in [5, 5.41) is 0. The summed E-state index contributed by atoms with van der Waals surface area (Å²) in [6.07, 6.45) is 3.29. The summed E-state index contributed by atoms with van der Waals surface area (Å²) in [7, 11) is 0. The van der Waals surface area contributed by atoms with Gasteiger partial charge in [0, 0.05) is 26.2 Å². The van der Waals surface area contributed by atoms with Crippen molar-refractivity contribution in [1.82, 2.24) is 4.90 Å². The molecule has 18 heavy (non-hydrogen) atoms. The molecule has 2 unspecified atom stereocenters. The molecule has 1 heterocycles. The molecular weight excluding hydrogens is 228 g/mol. The monoisotopic (exact) mass is 256 g/mol. The van der Waals surface area contributed by atoms with Crippen molar-refractivity contribution in [3.63, 3.8) is 0 Å². The van der Waals surface area contributed by atoms with Gasteiger partial charge in [0.15, 0.2) is 0 Å². The number of amides is 1. The van der Waals surface area contributed by atoms with Crippen LogP contribution in [0.15, 0.2) is 0 Å². The standard InChI is InChI=1S/C14H28N2O2/c1-4-16(10-13-6-5-7-18-13)14(17)12(9-15)8-11(2)3/h11-13H,4-10,15H2,1-3H3. The van der Waals surface area contributed by atoms with Crippen LogP contribution >= 0.6 is 0 Å². The van der Waals surface area contributed by atoms with E-state index in [1.165, 1.54) is 0 Å². The molecule has 106 valence electrons. The molecule has 0 bridgehead atoms. The second-order valence-electron chi connectivity index (χ2n) is 5.57. The zero-order valence-corrected chi connectivity index (χ0v) is 12.0. The van der Waals surface area contributed by atoms with Gasteiger partial charge in [0.2, 0.25) is 5.91 Å². The highest BCUT2D eigenvalue weighted by Gasteiger charge is 2.26. The predicted octanol–water partition coefficient (Wildman–Crippen LogP) is 1.63. The second kappa shape index (κ2) is 7.74. The molecule has 2 atom stereocenters. The Hall–Kier alpha value is -0.610. The van der Waals surface area contributed by atoms with Crippen LogP contribution in [0.1, 0.15) is 40.0 Å². The van der Waals surface area contributed by atoms with Gasteiger partial charge in [-0.05, 0) is 32.1 Å². The van der Waals surface area contributed by atoms with Crippen molar-refractivity contribution < 1.29 is 9.53 Å². The lowest BCUT2D eigenvalue weighted by molar-refractivity contribution is -0.137. The fourth-order valence-electron chi connectivity index (χ4n) is 2.53. The van der Waals surface area contributed by atoms with Crippen molar-refractivity contribution in [1.29, 1.82) is 0 Å². The number of nitrogens with zero attached hydrogens (tertiary/aromatic N) is 1. The highest BCUT2D eigenvalue weighted by Crippen LogP contribution is 2.17. The predicted molar refractivity (Wildman–Crippen MR) is 73.2 cm³/mol. The number of carbonyl (C=O) groups excluding carboxylic acids is 1. The van der Waals surface area contributed by atoms with E-state index in [0.717, 1.165) is 39.0 Å². The van der Waals surface area contributed by atoms with E-state index >= 15 is 0 Å². The van der Waals surface area contributed by atoms with E-state index in [4.69, 9.17) is 10.5 Å². The SMILES string of the molecule is CCN(CC1CCCO1)C(=O)C(CN)CC(C)C. The Bertz CT molecular complexity index is 250. The molecule has 0 aliphatic carbocycles. The van der Waals surface area contributed by atoms with Gasteiger partial charge in [0.25, 0.3) is 0 Å². The minimum absolute atomic E-state index is 0.0358. The number of ether oxygens (including phenoxy) is 1. The van der Waals surface area contributed by atoms with E-state index in [1.807, 2.05) is 11.8 Å². The van der Waals surface area contributed by atoms with E-state index in [1.54, 1.807) is 0 Å². The normalized spacial score (nSPS) is 21.3. The quantitative estimate of drug-likeness (QED) is 0.753. The molecule has 0 aromatic carbocycles. The smallest absolute Gasteiger partial charge is 0.227 e. The van der Waals surface area contributed by atoms with Crippen LogP contribution in [-0.2, 0) is 9.53 Å². The number of nitrogens with two attached hydrogens (primary N) is 1. The lowest BCUT2D eigenvalue weighted by atomic mass is 9.95. The van der Waals surface area contributed by atoms with E-state index < -0.39 is 0 Å². The molecule has 1 fully saturated rings. The van der Waals surface area contributed by atoms with Crippen LogP contribution in [0.4, 0.5) is 0 Å². The summed E-state index contributed by atoms with van der Waals surface area (Å²) >= 11 is 0. The number of likely N-dealkylation sites (N-methyl/N-ethyl adjacent to an activating group) is 1. The van der Waals surface area contributed by atoms with Crippen LogP contribution < -0.4 is 5.73 Å². The van der Waals surface area contributed by atoms with Crippen LogP contribution in [0.5, 0.6) is 0 Å². The van der Waals surface area contributed by atoms with Crippen molar-refractivity contribution in [2.24, 2.45) is 17.6 Å². The topological polar surface area (TPSA) is 55.6 Å². The van der Waals surface area contributed by atoms with Crippen molar-refractivity contribution in [2.45, 2.75) is 46.1 Å². The molecule has 4 nitrogen and oxygen atoms in total. The van der Waals surface area contributed by atoms with Crippen LogP contribution in [0.2, 0.25) is 0 Å². The fraction of sp³-hybridized carbons (Fsp3) is 0.929. The molecular formula is C14H28N2O2. The maximum atomic E-state index is 12.4. The average Bonchev–Trinajstić information content (AvgIpc) is 2.84. The minimum Gasteiger partial charge on any atom is -0.376 e. The third-order valence-corrected chi connectivity index (χ3v) is 3.53. The van der Waals surface area contributed by atoms with E-state index in [2.05, 4.69) is 13.8 Å². The first-order valence-corrected chi connectivity index (χ1v) is 7.18. The molecule has 1 amide bonds. The maximum absolute atomic E-state index is 12.4. The van der Waals surface area contributed by atoms with Gasteiger partial charge in [0.05, 0.1) is 12.0 Å². The molecule has 0 aromatic rings. The molecule has 4 heteroatoms. The first-order valence-electron chi connectivity index (χ1n) is 7.18. The van der Waals surface area contributed by atoms with Gasteiger partial charge in [-0.1, -0.05) is 13.8 Å². The van der Waals surface area contributed by atoms with E-state index in [0.29, 0.717) is 12.5 Å². The molecule has 0 radical (unpaired) electrons. The Labute approximate surface area is 111 Å². The third kappa shape index (κ3) is 4.58. The van der Waals surface area contributed by atoms with Crippen molar-refractivity contribution >= 4 is 5.91 Å². The van der Waals surface area contributed by atoms with Crippen molar-refractivity contribution in [3.8, 4) is 0 Å². The molecule has 1 aliphatic rings. The summed E-state index contributed by atoms with van der Waals surface area (Å²) in [5.74, 6) is 0.666. The Balaban J connectivity index is 2.52. The summed E-state index contributed by atoms with van der Waals surface area (Å²) in [6, 6.07) is 0. The van der Waals surface area contributed by atoms with Crippen molar-refractivity contribution in [2.75, 3.05) is 26.2 Å². The van der Waals surface area contributed by atoms with Gasteiger partial charge in [-0.15, -0.1) is 0 Å². The highest BCUT2D eigenvalue weighted by molar-refractivity contribution is 5.79. The Kier molecular flexibility index (Phi) is 6.65. The largest absolute Gasteiger partial charge is 0.376 e. The molecule has 2 N–H and O–H groups in total. The molecule has 1 rings (SSSR count). The van der Waals surface area contributed by atoms with Gasteiger partial charge in [-0.2, -0.15) is 0 Å². The van der Waals surface area contributed by atoms with Gasteiger partial charge < -0.3 is 15.4 Å². The van der Waals surface area contributed by atoms with Gasteiger partial charge in [-0.25, -0.2) is 0 Å². The van der Waals surface area contributed by atoms with Crippen LogP contribution in [0, 0.1) is 11.8 Å². The van der Waals surface area contributed by atoms with Crippen LogP contribution in [0.25, 0.3) is 0 Å². The van der Waals surface area contributed by atoms with Crippen LogP contribution in [0.3, 0.4) is 0 Å². The first-order chi connectivity index (χ1) is 8.58. The number of carbonyl (C=O) groups is 1. The number of hydrogen-bond acceptors (Lipinski definition) is 3. The van der Waals surface area contributed by atoms with Crippen LogP contribution in [-0.4, -0.2) is 43.2 Å². The summed E-state index contributed by atoms with van der Waals surface area (Å²) in [6.45, 7) is 9.04. The minimum atomic E-state index is -0.0358. The second-order valence-corrected chi connectivity index (χ2v) is 5.57. The molecule has 1 aliphatic heterocycles. The lowest BCUT2D eigenvalue weighted by Gasteiger charge is -2.28. The summed E-state index contributed by atoms with van der Waals surface area (Å²) < 4.78 is 5.60. The first kappa shape index (κ1) is 15.4. The fourth-order valence-corrected chi connectivity index (χ4v) is 2.53. The summed E-state index contributed by atoms with van der Waals surface area (Å²) in [4.78, 5) is 14.3. The molecule has 0 spiro atoms. The lowest BCUT2D eigenvalue weighted by Crippen LogP contribution is -2.43. The Morgan fingerprint density at radius 1 is 1.50 bits per heavy atom. The third-order valence-electron chi connectivity index (χ3n) is 3.53. The van der Waals surface area contributed by atoms with Gasteiger partial charge in [0.1, 0.15) is 0 Å².